The van der Waals surface area contributed by atoms with Gasteiger partial charge < -0.3 is 15.1 Å². The van der Waals surface area contributed by atoms with Gasteiger partial charge in [0.2, 0.25) is 0 Å². The van der Waals surface area contributed by atoms with E-state index in [9.17, 15) is 8.42 Å². The third-order valence-corrected chi connectivity index (χ3v) is 6.30. The molecule has 1 aromatic carbocycles. The smallest absolute Gasteiger partial charge is 0.191 e. The van der Waals surface area contributed by atoms with Crippen molar-refractivity contribution in [3.8, 4) is 0 Å². The molecule has 1 fully saturated rings. The Morgan fingerprint density at radius 1 is 1.32 bits per heavy atom. The Kier molecular flexibility index (Phi) is 6.72. The molecule has 2 N–H and O–H groups in total. The van der Waals surface area contributed by atoms with Crippen LogP contribution in [0.2, 0.25) is 0 Å². The second kappa shape index (κ2) is 8.39. The van der Waals surface area contributed by atoms with E-state index in [1.165, 1.54) is 0 Å². The predicted octanol–water partition coefficient (Wildman–Crippen LogP) is 2.46. The Balaban J connectivity index is 0.00000225. The van der Waals surface area contributed by atoms with E-state index in [-0.39, 0.29) is 35.6 Å². The third kappa shape index (κ3) is 4.87. The molecule has 6 nitrogen and oxygen atoms in total. The molecule has 0 aliphatic carbocycles. The third-order valence-electron chi connectivity index (χ3n) is 4.47. The fraction of sp³-hybridized carbons (Fsp3) is 0.471. The number of furan rings is 1. The standard InChI is InChI=1S/C17H23N3O3S.HI/c1-12-14-5-3-4-6-15(14)23-16(12)10-20-17(18-2)19-9-13-7-8-24(21,22)11-13;/h3-6,13H,7-11H2,1-2H3,(H2,18,19,20);1H. The maximum Gasteiger partial charge on any atom is 0.191 e. The van der Waals surface area contributed by atoms with Crippen molar-refractivity contribution in [2.24, 2.45) is 10.9 Å². The number of benzene rings is 1. The topological polar surface area (TPSA) is 83.7 Å². The van der Waals surface area contributed by atoms with Crippen molar-refractivity contribution in [1.29, 1.82) is 0 Å². The molecular formula is C17H24IN3O3S. The molecule has 3 rings (SSSR count). The van der Waals surface area contributed by atoms with E-state index in [1.54, 1.807) is 7.05 Å². The van der Waals surface area contributed by atoms with Crippen molar-refractivity contribution in [2.45, 2.75) is 19.9 Å². The summed E-state index contributed by atoms with van der Waals surface area (Å²) in [7, 11) is -1.14. The summed E-state index contributed by atoms with van der Waals surface area (Å²) < 4.78 is 28.9. The van der Waals surface area contributed by atoms with Gasteiger partial charge in [-0.05, 0) is 25.3 Å². The predicted molar refractivity (Wildman–Crippen MR) is 111 cm³/mol. The van der Waals surface area contributed by atoms with Gasteiger partial charge in [-0.15, -0.1) is 24.0 Å². The van der Waals surface area contributed by atoms with Crippen LogP contribution in [0.1, 0.15) is 17.7 Å². The number of fused-ring (bicyclic) bond motifs is 1. The van der Waals surface area contributed by atoms with Crippen LogP contribution < -0.4 is 10.6 Å². The minimum Gasteiger partial charge on any atom is -0.459 e. The van der Waals surface area contributed by atoms with Gasteiger partial charge >= 0.3 is 0 Å². The van der Waals surface area contributed by atoms with Gasteiger partial charge in [0.05, 0.1) is 18.1 Å². The first-order chi connectivity index (χ1) is 11.5. The number of hydrogen-bond acceptors (Lipinski definition) is 4. The van der Waals surface area contributed by atoms with Crippen molar-refractivity contribution in [3.63, 3.8) is 0 Å². The monoisotopic (exact) mass is 477 g/mol. The zero-order valence-electron chi connectivity index (χ0n) is 14.4. The molecule has 0 saturated carbocycles. The zero-order chi connectivity index (χ0) is 17.2. The Hall–Kier alpha value is -1.29. The molecule has 25 heavy (non-hydrogen) atoms. The number of nitrogens with one attached hydrogen (secondary N) is 2. The molecule has 0 spiro atoms. The maximum absolute atomic E-state index is 11.5. The fourth-order valence-electron chi connectivity index (χ4n) is 3.05. The van der Waals surface area contributed by atoms with Crippen LogP contribution in [0.5, 0.6) is 0 Å². The zero-order valence-corrected chi connectivity index (χ0v) is 17.6. The molecule has 8 heteroatoms. The first-order valence-electron chi connectivity index (χ1n) is 8.10. The van der Waals surface area contributed by atoms with Gasteiger partial charge in [-0.2, -0.15) is 0 Å². The molecule has 1 aliphatic heterocycles. The highest BCUT2D eigenvalue weighted by Gasteiger charge is 2.27. The molecule has 1 aromatic heterocycles. The number of rotatable bonds is 4. The number of nitrogens with zero attached hydrogens (tertiary/aromatic N) is 1. The van der Waals surface area contributed by atoms with Crippen LogP contribution in [0.3, 0.4) is 0 Å². The normalized spacial score (nSPS) is 19.6. The van der Waals surface area contributed by atoms with Crippen LogP contribution >= 0.6 is 24.0 Å². The summed E-state index contributed by atoms with van der Waals surface area (Å²) in [5.74, 6) is 2.24. The molecule has 1 aliphatic rings. The van der Waals surface area contributed by atoms with Crippen LogP contribution in [0.4, 0.5) is 0 Å². The highest BCUT2D eigenvalue weighted by atomic mass is 127. The van der Waals surface area contributed by atoms with Gasteiger partial charge in [0, 0.05) is 24.5 Å². The number of para-hydroxylation sites is 1. The number of aryl methyl sites for hydroxylation is 1. The van der Waals surface area contributed by atoms with E-state index in [0.717, 1.165) is 28.7 Å². The fourth-order valence-corrected chi connectivity index (χ4v) is 4.91. The molecule has 0 radical (unpaired) electrons. The van der Waals surface area contributed by atoms with E-state index in [2.05, 4.69) is 15.6 Å². The van der Waals surface area contributed by atoms with Gasteiger partial charge in [0.25, 0.3) is 0 Å². The minimum absolute atomic E-state index is 0. The van der Waals surface area contributed by atoms with Crippen LogP contribution in [-0.2, 0) is 16.4 Å². The van der Waals surface area contributed by atoms with E-state index in [4.69, 9.17) is 4.42 Å². The Morgan fingerprint density at radius 3 is 2.72 bits per heavy atom. The highest BCUT2D eigenvalue weighted by Crippen LogP contribution is 2.24. The number of guanidine groups is 1. The summed E-state index contributed by atoms with van der Waals surface area (Å²) in [6, 6.07) is 7.96. The number of aliphatic imine (C=N–C) groups is 1. The van der Waals surface area contributed by atoms with Crippen molar-refractivity contribution in [1.82, 2.24) is 10.6 Å². The van der Waals surface area contributed by atoms with Gasteiger partial charge in [-0.1, -0.05) is 18.2 Å². The molecule has 0 amide bonds. The van der Waals surface area contributed by atoms with Crippen molar-refractivity contribution in [3.05, 3.63) is 35.6 Å². The minimum atomic E-state index is -2.84. The van der Waals surface area contributed by atoms with Crippen LogP contribution in [-0.4, -0.2) is 39.5 Å². The molecule has 2 heterocycles. The Morgan fingerprint density at radius 2 is 2.08 bits per heavy atom. The van der Waals surface area contributed by atoms with Gasteiger partial charge in [0.15, 0.2) is 15.8 Å². The Labute approximate surface area is 165 Å². The quantitative estimate of drug-likeness (QED) is 0.402. The summed E-state index contributed by atoms with van der Waals surface area (Å²) >= 11 is 0. The van der Waals surface area contributed by atoms with Gasteiger partial charge in [-0.25, -0.2) is 8.42 Å². The first kappa shape index (κ1) is 20.0. The molecule has 2 aromatic rings. The van der Waals surface area contributed by atoms with Crippen molar-refractivity contribution < 1.29 is 12.8 Å². The second-order valence-corrected chi connectivity index (χ2v) is 8.45. The van der Waals surface area contributed by atoms with Crippen molar-refractivity contribution >= 4 is 50.7 Å². The maximum atomic E-state index is 11.5. The molecule has 138 valence electrons. The van der Waals surface area contributed by atoms with E-state index in [0.29, 0.717) is 24.8 Å². The van der Waals surface area contributed by atoms with E-state index >= 15 is 0 Å². The Bertz CT molecular complexity index is 861. The largest absolute Gasteiger partial charge is 0.459 e. The number of hydrogen-bond donors (Lipinski definition) is 2. The molecule has 0 bridgehead atoms. The first-order valence-corrected chi connectivity index (χ1v) is 9.92. The summed E-state index contributed by atoms with van der Waals surface area (Å²) in [4.78, 5) is 4.19. The summed E-state index contributed by atoms with van der Waals surface area (Å²) in [5.41, 5.74) is 2.00. The average Bonchev–Trinajstić information content (AvgIpc) is 3.08. The van der Waals surface area contributed by atoms with Crippen LogP contribution in [0, 0.1) is 12.8 Å². The lowest BCUT2D eigenvalue weighted by Gasteiger charge is -2.14. The molecule has 1 saturated heterocycles. The lowest BCUT2D eigenvalue weighted by atomic mass is 10.1. The number of sulfone groups is 1. The lowest BCUT2D eigenvalue weighted by Crippen LogP contribution is -2.39. The van der Waals surface area contributed by atoms with Crippen LogP contribution in [0.25, 0.3) is 11.0 Å². The van der Waals surface area contributed by atoms with Crippen molar-refractivity contribution in [2.75, 3.05) is 25.1 Å². The average molecular weight is 477 g/mol. The number of halogens is 1. The lowest BCUT2D eigenvalue weighted by molar-refractivity contribution is 0.530. The molecule has 1 atom stereocenters. The second-order valence-electron chi connectivity index (χ2n) is 6.22. The van der Waals surface area contributed by atoms with Crippen LogP contribution in [0.15, 0.2) is 33.7 Å². The summed E-state index contributed by atoms with van der Waals surface area (Å²) in [6.45, 7) is 3.18. The summed E-state index contributed by atoms with van der Waals surface area (Å²) in [6.07, 6.45) is 0.717. The van der Waals surface area contributed by atoms with Gasteiger partial charge in [-0.3, -0.25) is 4.99 Å². The summed E-state index contributed by atoms with van der Waals surface area (Å²) in [5, 5.41) is 7.55. The molecular weight excluding hydrogens is 453 g/mol. The highest BCUT2D eigenvalue weighted by molar-refractivity contribution is 14.0. The van der Waals surface area contributed by atoms with E-state index < -0.39 is 9.84 Å². The molecule has 1 unspecified atom stereocenters. The van der Waals surface area contributed by atoms with Gasteiger partial charge in [0.1, 0.15) is 11.3 Å². The van der Waals surface area contributed by atoms with E-state index in [1.807, 2.05) is 31.2 Å². The SMILES string of the molecule is CN=C(NCc1oc2ccccc2c1C)NCC1CCS(=O)(=O)C1.I.